The maximum atomic E-state index is 12.0. The molecule has 0 aliphatic carbocycles. The molecule has 0 saturated carbocycles. The van der Waals surface area contributed by atoms with E-state index in [1.165, 1.54) is 6.20 Å². The standard InChI is InChI=1S/C17H16N4O2/c1-10-3-4-12(9-19-10)16(22)21-17(18)20-14-5-6-15-13(8-14)7-11(2)23-15/h3-9H,1-2H3,(H3,18,20,21,22). The van der Waals surface area contributed by atoms with Crippen LogP contribution in [0.2, 0.25) is 0 Å². The van der Waals surface area contributed by atoms with E-state index in [1.807, 2.05) is 32.0 Å². The molecule has 6 heteroatoms. The fourth-order valence-electron chi connectivity index (χ4n) is 2.19. The maximum absolute atomic E-state index is 12.0. The summed E-state index contributed by atoms with van der Waals surface area (Å²) in [5.74, 6) is 0.503. The summed E-state index contributed by atoms with van der Waals surface area (Å²) in [6.07, 6.45) is 1.50. The van der Waals surface area contributed by atoms with Crippen molar-refractivity contribution in [2.75, 3.05) is 0 Å². The van der Waals surface area contributed by atoms with Gasteiger partial charge in [0.1, 0.15) is 11.3 Å². The van der Waals surface area contributed by atoms with E-state index < -0.39 is 0 Å². The Morgan fingerprint density at radius 1 is 1.22 bits per heavy atom. The van der Waals surface area contributed by atoms with Gasteiger partial charge in [0.05, 0.1) is 11.3 Å². The number of nitrogens with zero attached hydrogens (tertiary/aromatic N) is 2. The summed E-state index contributed by atoms with van der Waals surface area (Å²) < 4.78 is 5.50. The molecule has 0 unspecified atom stereocenters. The van der Waals surface area contributed by atoms with Crippen LogP contribution in [0, 0.1) is 13.8 Å². The molecule has 0 aliphatic heterocycles. The molecule has 0 spiro atoms. The molecule has 0 fully saturated rings. The van der Waals surface area contributed by atoms with E-state index in [9.17, 15) is 4.79 Å². The number of aromatic nitrogens is 1. The van der Waals surface area contributed by atoms with Gasteiger partial charge in [0.2, 0.25) is 5.96 Å². The first kappa shape index (κ1) is 14.8. The van der Waals surface area contributed by atoms with Crippen LogP contribution in [0.4, 0.5) is 5.69 Å². The molecule has 116 valence electrons. The highest BCUT2D eigenvalue weighted by Crippen LogP contribution is 2.24. The lowest BCUT2D eigenvalue weighted by Crippen LogP contribution is -2.36. The normalized spacial score (nSPS) is 11.7. The molecule has 2 aromatic heterocycles. The quantitative estimate of drug-likeness (QED) is 0.562. The summed E-state index contributed by atoms with van der Waals surface area (Å²) in [5.41, 5.74) is 8.49. The number of aliphatic imine (C=N–C) groups is 1. The molecule has 0 radical (unpaired) electrons. The predicted octanol–water partition coefficient (Wildman–Crippen LogP) is 2.82. The Bertz CT molecular complexity index is 895. The zero-order valence-electron chi connectivity index (χ0n) is 12.8. The SMILES string of the molecule is Cc1ccc(C(=O)NC(N)=Nc2ccc3oc(C)cc3c2)cn1. The summed E-state index contributed by atoms with van der Waals surface area (Å²) in [4.78, 5) is 20.3. The van der Waals surface area contributed by atoms with E-state index in [4.69, 9.17) is 10.2 Å². The third kappa shape index (κ3) is 3.37. The molecule has 3 aromatic rings. The largest absolute Gasteiger partial charge is 0.461 e. The summed E-state index contributed by atoms with van der Waals surface area (Å²) in [7, 11) is 0. The molecule has 1 aromatic carbocycles. The van der Waals surface area contributed by atoms with Gasteiger partial charge in [0.15, 0.2) is 0 Å². The Morgan fingerprint density at radius 3 is 2.78 bits per heavy atom. The molecule has 2 heterocycles. The van der Waals surface area contributed by atoms with Crippen molar-refractivity contribution in [3.8, 4) is 0 Å². The van der Waals surface area contributed by atoms with E-state index in [0.717, 1.165) is 22.4 Å². The number of nitrogens with one attached hydrogen (secondary N) is 1. The van der Waals surface area contributed by atoms with Crippen molar-refractivity contribution in [3.63, 3.8) is 0 Å². The highest BCUT2D eigenvalue weighted by Gasteiger charge is 2.07. The number of amides is 1. The summed E-state index contributed by atoms with van der Waals surface area (Å²) in [6.45, 7) is 3.73. The predicted molar refractivity (Wildman–Crippen MR) is 88.7 cm³/mol. The second kappa shape index (κ2) is 5.92. The minimum atomic E-state index is -0.348. The Hall–Kier alpha value is -3.15. The second-order valence-corrected chi connectivity index (χ2v) is 5.22. The number of rotatable bonds is 2. The fraction of sp³-hybridized carbons (Fsp3) is 0.118. The number of aryl methyl sites for hydroxylation is 2. The van der Waals surface area contributed by atoms with Gasteiger partial charge >= 0.3 is 0 Å². The Kier molecular flexibility index (Phi) is 3.80. The number of furan rings is 1. The smallest absolute Gasteiger partial charge is 0.259 e. The zero-order valence-corrected chi connectivity index (χ0v) is 12.8. The van der Waals surface area contributed by atoms with Crippen LogP contribution in [0.25, 0.3) is 11.0 Å². The van der Waals surface area contributed by atoms with Crippen molar-refractivity contribution in [1.82, 2.24) is 10.3 Å². The Balaban J connectivity index is 1.77. The van der Waals surface area contributed by atoms with Gasteiger partial charge in [-0.2, -0.15) is 0 Å². The van der Waals surface area contributed by atoms with Crippen molar-refractivity contribution in [2.45, 2.75) is 13.8 Å². The molecule has 0 bridgehead atoms. The molecule has 3 rings (SSSR count). The highest BCUT2D eigenvalue weighted by atomic mass is 16.3. The summed E-state index contributed by atoms with van der Waals surface area (Å²) in [5, 5.41) is 3.48. The number of carbonyl (C=O) groups is 1. The zero-order chi connectivity index (χ0) is 16.4. The van der Waals surface area contributed by atoms with Crippen LogP contribution in [0.3, 0.4) is 0 Å². The van der Waals surface area contributed by atoms with E-state index >= 15 is 0 Å². The molecule has 0 aliphatic rings. The lowest BCUT2D eigenvalue weighted by Gasteiger charge is -2.04. The molecular weight excluding hydrogens is 292 g/mol. The van der Waals surface area contributed by atoms with Crippen LogP contribution in [-0.4, -0.2) is 16.9 Å². The van der Waals surface area contributed by atoms with E-state index in [2.05, 4.69) is 15.3 Å². The topological polar surface area (TPSA) is 93.5 Å². The minimum absolute atomic E-state index is 0.0233. The van der Waals surface area contributed by atoms with E-state index in [-0.39, 0.29) is 11.9 Å². The maximum Gasteiger partial charge on any atom is 0.259 e. The molecule has 23 heavy (non-hydrogen) atoms. The number of carbonyl (C=O) groups excluding carboxylic acids is 1. The number of fused-ring (bicyclic) bond motifs is 1. The van der Waals surface area contributed by atoms with Gasteiger partial charge < -0.3 is 10.2 Å². The van der Waals surface area contributed by atoms with Crippen LogP contribution in [0.5, 0.6) is 0 Å². The highest BCUT2D eigenvalue weighted by molar-refractivity contribution is 6.05. The van der Waals surface area contributed by atoms with Gasteiger partial charge in [-0.15, -0.1) is 0 Å². The molecule has 0 atom stereocenters. The number of hydrogen-bond donors (Lipinski definition) is 2. The minimum Gasteiger partial charge on any atom is -0.461 e. The van der Waals surface area contributed by atoms with Gasteiger partial charge in [0, 0.05) is 17.3 Å². The molecule has 1 amide bonds. The molecule has 3 N–H and O–H groups in total. The van der Waals surface area contributed by atoms with Crippen molar-refractivity contribution < 1.29 is 9.21 Å². The van der Waals surface area contributed by atoms with Gasteiger partial charge in [0.25, 0.3) is 5.91 Å². The van der Waals surface area contributed by atoms with Crippen molar-refractivity contribution in [2.24, 2.45) is 10.7 Å². The number of guanidine groups is 1. The Labute approximate surface area is 133 Å². The van der Waals surface area contributed by atoms with Crippen molar-refractivity contribution >= 4 is 28.5 Å². The number of pyridine rings is 1. The van der Waals surface area contributed by atoms with E-state index in [0.29, 0.717) is 11.3 Å². The second-order valence-electron chi connectivity index (χ2n) is 5.22. The fourth-order valence-corrected chi connectivity index (χ4v) is 2.19. The van der Waals surface area contributed by atoms with Crippen LogP contribution < -0.4 is 11.1 Å². The lowest BCUT2D eigenvalue weighted by atomic mass is 10.2. The van der Waals surface area contributed by atoms with Crippen molar-refractivity contribution in [3.05, 3.63) is 59.6 Å². The van der Waals surface area contributed by atoms with Gasteiger partial charge in [-0.05, 0) is 50.2 Å². The summed E-state index contributed by atoms with van der Waals surface area (Å²) in [6, 6.07) is 10.8. The average Bonchev–Trinajstić information content (AvgIpc) is 2.87. The van der Waals surface area contributed by atoms with Crippen LogP contribution in [0.15, 0.2) is 52.0 Å². The number of hydrogen-bond acceptors (Lipinski definition) is 4. The van der Waals surface area contributed by atoms with Crippen LogP contribution >= 0.6 is 0 Å². The Morgan fingerprint density at radius 2 is 2.04 bits per heavy atom. The lowest BCUT2D eigenvalue weighted by molar-refractivity contribution is 0.0976. The number of nitrogens with two attached hydrogens (primary N) is 1. The first-order valence-corrected chi connectivity index (χ1v) is 7.09. The average molecular weight is 308 g/mol. The first-order chi connectivity index (χ1) is 11.0. The summed E-state index contributed by atoms with van der Waals surface area (Å²) >= 11 is 0. The van der Waals surface area contributed by atoms with Crippen molar-refractivity contribution in [1.29, 1.82) is 0 Å². The third-order valence-electron chi connectivity index (χ3n) is 3.29. The molecule has 6 nitrogen and oxygen atoms in total. The van der Waals surface area contributed by atoms with Gasteiger partial charge in [-0.1, -0.05) is 0 Å². The van der Waals surface area contributed by atoms with Gasteiger partial charge in [-0.3, -0.25) is 15.1 Å². The molecule has 0 saturated heterocycles. The number of benzene rings is 1. The molecular formula is C17H16N4O2. The third-order valence-corrected chi connectivity index (χ3v) is 3.29. The van der Waals surface area contributed by atoms with Crippen LogP contribution in [0.1, 0.15) is 21.8 Å². The monoisotopic (exact) mass is 308 g/mol. The van der Waals surface area contributed by atoms with E-state index in [1.54, 1.807) is 18.2 Å². The first-order valence-electron chi connectivity index (χ1n) is 7.09. The van der Waals surface area contributed by atoms with Gasteiger partial charge in [-0.25, -0.2) is 4.99 Å². The van der Waals surface area contributed by atoms with Crippen LogP contribution in [-0.2, 0) is 0 Å².